The summed E-state index contributed by atoms with van der Waals surface area (Å²) in [5, 5.41) is 4.14. The molecular weight excluding hydrogens is 332 g/mol. The quantitative estimate of drug-likeness (QED) is 0.860. The zero-order chi connectivity index (χ0) is 17.8. The largest absolute Gasteiger partial charge is 0.355 e. The Kier molecular flexibility index (Phi) is 5.91. The first-order valence-corrected chi connectivity index (χ1v) is 10.0. The number of piperazine rings is 1. The monoisotopic (exact) mass is 360 g/mol. The maximum Gasteiger partial charge on any atom is 0.220 e. The van der Waals surface area contributed by atoms with Gasteiger partial charge in [-0.3, -0.25) is 9.69 Å². The fourth-order valence-corrected chi connectivity index (χ4v) is 4.26. The van der Waals surface area contributed by atoms with Gasteiger partial charge in [-0.15, -0.1) is 0 Å². The van der Waals surface area contributed by atoms with Crippen molar-refractivity contribution in [1.29, 1.82) is 0 Å². The van der Waals surface area contributed by atoms with E-state index in [2.05, 4.69) is 41.1 Å². The van der Waals surface area contributed by atoms with Gasteiger partial charge in [-0.05, 0) is 37.5 Å². The molecule has 6 heteroatoms. The Balaban J connectivity index is 1.52. The Hall–Kier alpha value is -1.66. The lowest BCUT2D eigenvalue weighted by Gasteiger charge is -2.34. The molecule has 0 radical (unpaired) electrons. The van der Waals surface area contributed by atoms with Crippen molar-refractivity contribution in [2.45, 2.75) is 33.6 Å². The molecule has 1 saturated heterocycles. The van der Waals surface area contributed by atoms with Crippen LogP contribution in [0.4, 0.5) is 5.13 Å². The Morgan fingerprint density at radius 1 is 1.24 bits per heavy atom. The molecule has 0 atom stereocenters. The summed E-state index contributed by atoms with van der Waals surface area (Å²) in [4.78, 5) is 21.2. The number of nitrogens with zero attached hydrogens (tertiary/aromatic N) is 3. The van der Waals surface area contributed by atoms with Gasteiger partial charge in [0.05, 0.1) is 10.2 Å². The number of amides is 1. The van der Waals surface area contributed by atoms with Crippen molar-refractivity contribution in [1.82, 2.24) is 15.2 Å². The van der Waals surface area contributed by atoms with Crippen LogP contribution in [0.5, 0.6) is 0 Å². The summed E-state index contributed by atoms with van der Waals surface area (Å²) in [6.07, 6.45) is 1.54. The number of aryl methyl sites for hydroxylation is 2. The van der Waals surface area contributed by atoms with E-state index < -0.39 is 0 Å². The summed E-state index contributed by atoms with van der Waals surface area (Å²) in [5.74, 6) is 0.168. The molecule has 25 heavy (non-hydrogen) atoms. The molecule has 5 nitrogen and oxygen atoms in total. The van der Waals surface area contributed by atoms with E-state index in [1.807, 2.05) is 6.92 Å². The molecule has 1 fully saturated rings. The molecule has 0 saturated carbocycles. The minimum atomic E-state index is 0.168. The number of fused-ring (bicyclic) bond motifs is 1. The van der Waals surface area contributed by atoms with Crippen LogP contribution in [-0.2, 0) is 4.79 Å². The first kappa shape index (κ1) is 18.1. The second-order valence-electron chi connectivity index (χ2n) is 6.78. The first-order chi connectivity index (χ1) is 12.1. The minimum absolute atomic E-state index is 0.168. The van der Waals surface area contributed by atoms with Crippen LogP contribution >= 0.6 is 11.3 Å². The summed E-state index contributed by atoms with van der Waals surface area (Å²) >= 11 is 1.79. The van der Waals surface area contributed by atoms with Crippen LogP contribution in [0.3, 0.4) is 0 Å². The SMILES string of the molecule is CCCC(=O)NCCN1CCN(c2nc3c(C)c(C)ccc3s2)CC1. The summed E-state index contributed by atoms with van der Waals surface area (Å²) < 4.78 is 1.28. The van der Waals surface area contributed by atoms with Crippen molar-refractivity contribution in [3.63, 3.8) is 0 Å². The number of carbonyl (C=O) groups excluding carboxylic acids is 1. The zero-order valence-electron chi connectivity index (χ0n) is 15.5. The molecule has 2 heterocycles. The van der Waals surface area contributed by atoms with Crippen LogP contribution < -0.4 is 10.2 Å². The number of benzene rings is 1. The van der Waals surface area contributed by atoms with E-state index in [9.17, 15) is 4.79 Å². The molecule has 0 spiro atoms. The normalized spacial score (nSPS) is 15.7. The average molecular weight is 361 g/mol. The molecule has 1 aromatic carbocycles. The maximum absolute atomic E-state index is 11.5. The highest BCUT2D eigenvalue weighted by Gasteiger charge is 2.20. The van der Waals surface area contributed by atoms with E-state index in [1.54, 1.807) is 11.3 Å². The van der Waals surface area contributed by atoms with Crippen molar-refractivity contribution in [3.8, 4) is 0 Å². The Labute approximate surface area is 154 Å². The third-order valence-electron chi connectivity index (χ3n) is 4.94. The predicted molar refractivity (Wildman–Crippen MR) is 106 cm³/mol. The molecule has 1 amide bonds. The lowest BCUT2D eigenvalue weighted by Crippen LogP contribution is -2.48. The van der Waals surface area contributed by atoms with E-state index in [1.165, 1.54) is 15.8 Å². The summed E-state index contributed by atoms with van der Waals surface area (Å²) in [6.45, 7) is 12.1. The second-order valence-corrected chi connectivity index (χ2v) is 7.79. The van der Waals surface area contributed by atoms with Crippen molar-refractivity contribution in [3.05, 3.63) is 23.3 Å². The van der Waals surface area contributed by atoms with Crippen LogP contribution in [-0.4, -0.2) is 55.1 Å². The van der Waals surface area contributed by atoms with Gasteiger partial charge in [-0.25, -0.2) is 4.98 Å². The Bertz CT molecular complexity index is 734. The smallest absolute Gasteiger partial charge is 0.220 e. The molecule has 1 aromatic heterocycles. The molecule has 2 aromatic rings. The summed E-state index contributed by atoms with van der Waals surface area (Å²) in [5.41, 5.74) is 3.75. The summed E-state index contributed by atoms with van der Waals surface area (Å²) in [7, 11) is 0. The van der Waals surface area contributed by atoms with E-state index in [0.29, 0.717) is 6.42 Å². The highest BCUT2D eigenvalue weighted by Crippen LogP contribution is 2.32. The van der Waals surface area contributed by atoms with E-state index >= 15 is 0 Å². The molecule has 1 N–H and O–H groups in total. The number of nitrogens with one attached hydrogen (secondary N) is 1. The van der Waals surface area contributed by atoms with Crippen LogP contribution in [0.1, 0.15) is 30.9 Å². The van der Waals surface area contributed by atoms with Crippen LogP contribution in [0.2, 0.25) is 0 Å². The van der Waals surface area contributed by atoms with Gasteiger partial charge in [-0.2, -0.15) is 0 Å². The van der Waals surface area contributed by atoms with Crippen molar-refractivity contribution in [2.75, 3.05) is 44.2 Å². The van der Waals surface area contributed by atoms with Gasteiger partial charge in [0.1, 0.15) is 0 Å². The van der Waals surface area contributed by atoms with Crippen LogP contribution in [0, 0.1) is 13.8 Å². The van der Waals surface area contributed by atoms with Gasteiger partial charge < -0.3 is 10.2 Å². The van der Waals surface area contributed by atoms with Crippen LogP contribution in [0.25, 0.3) is 10.2 Å². The summed E-state index contributed by atoms with van der Waals surface area (Å²) in [6, 6.07) is 4.37. The molecule has 0 unspecified atom stereocenters. The number of rotatable bonds is 6. The standard InChI is InChI=1S/C19H28N4OS/c1-4-5-17(24)20-8-9-22-10-12-23(13-11-22)19-21-18-15(3)14(2)6-7-16(18)25-19/h6-7H,4-5,8-13H2,1-3H3,(H,20,24). The maximum atomic E-state index is 11.5. The predicted octanol–water partition coefficient (Wildman–Crippen LogP) is 2.95. The van der Waals surface area contributed by atoms with Gasteiger partial charge in [-0.1, -0.05) is 24.3 Å². The lowest BCUT2D eigenvalue weighted by atomic mass is 10.1. The molecule has 1 aliphatic heterocycles. The van der Waals surface area contributed by atoms with E-state index in [4.69, 9.17) is 4.98 Å². The Morgan fingerprint density at radius 3 is 2.72 bits per heavy atom. The van der Waals surface area contributed by atoms with Gasteiger partial charge in [0.2, 0.25) is 5.91 Å². The molecular formula is C19H28N4OS. The number of anilines is 1. The van der Waals surface area contributed by atoms with Crippen molar-refractivity contribution >= 4 is 32.6 Å². The fraction of sp³-hybridized carbons (Fsp3) is 0.579. The second kappa shape index (κ2) is 8.15. The zero-order valence-corrected chi connectivity index (χ0v) is 16.3. The average Bonchev–Trinajstić information content (AvgIpc) is 3.04. The third-order valence-corrected chi connectivity index (χ3v) is 6.02. The number of hydrogen-bond acceptors (Lipinski definition) is 5. The van der Waals surface area contributed by atoms with Crippen molar-refractivity contribution in [2.24, 2.45) is 0 Å². The Morgan fingerprint density at radius 2 is 2.00 bits per heavy atom. The molecule has 0 bridgehead atoms. The number of thiazole rings is 1. The topological polar surface area (TPSA) is 48.5 Å². The molecule has 1 aliphatic rings. The van der Waals surface area contributed by atoms with Gasteiger partial charge >= 0.3 is 0 Å². The molecule has 136 valence electrons. The highest BCUT2D eigenvalue weighted by atomic mass is 32.1. The fourth-order valence-electron chi connectivity index (χ4n) is 3.18. The minimum Gasteiger partial charge on any atom is -0.355 e. The first-order valence-electron chi connectivity index (χ1n) is 9.19. The molecule has 3 rings (SSSR count). The van der Waals surface area contributed by atoms with E-state index in [0.717, 1.165) is 56.3 Å². The number of carbonyl (C=O) groups is 1. The van der Waals surface area contributed by atoms with Gasteiger partial charge in [0.25, 0.3) is 0 Å². The number of aromatic nitrogens is 1. The van der Waals surface area contributed by atoms with E-state index in [-0.39, 0.29) is 5.91 Å². The molecule has 0 aliphatic carbocycles. The lowest BCUT2D eigenvalue weighted by molar-refractivity contribution is -0.121. The number of hydrogen-bond donors (Lipinski definition) is 1. The van der Waals surface area contributed by atoms with Gasteiger partial charge in [0, 0.05) is 45.7 Å². The third kappa shape index (κ3) is 4.30. The highest BCUT2D eigenvalue weighted by molar-refractivity contribution is 7.22. The van der Waals surface area contributed by atoms with Crippen LogP contribution in [0.15, 0.2) is 12.1 Å². The van der Waals surface area contributed by atoms with Gasteiger partial charge in [0.15, 0.2) is 5.13 Å². The van der Waals surface area contributed by atoms with Crippen molar-refractivity contribution < 1.29 is 4.79 Å².